The highest BCUT2D eigenvalue weighted by molar-refractivity contribution is 7.99. The van der Waals surface area contributed by atoms with Crippen LogP contribution in [-0.2, 0) is 14.3 Å². The van der Waals surface area contributed by atoms with Gasteiger partial charge in [0, 0.05) is 11.5 Å². The van der Waals surface area contributed by atoms with Crippen LogP contribution in [-0.4, -0.2) is 35.2 Å². The molecule has 1 aliphatic heterocycles. The SMILES string of the molecule is CCCCCOC(=O)C1CSCC1C(=O)O. The van der Waals surface area contributed by atoms with Gasteiger partial charge < -0.3 is 9.84 Å². The largest absolute Gasteiger partial charge is 0.481 e. The third-order valence-corrected chi connectivity index (χ3v) is 3.88. The maximum Gasteiger partial charge on any atom is 0.310 e. The topological polar surface area (TPSA) is 63.6 Å². The Hall–Kier alpha value is -0.710. The Balaban J connectivity index is 2.32. The van der Waals surface area contributed by atoms with Crippen LogP contribution in [0.15, 0.2) is 0 Å². The zero-order valence-corrected chi connectivity index (χ0v) is 10.3. The van der Waals surface area contributed by atoms with Gasteiger partial charge in [-0.25, -0.2) is 0 Å². The molecule has 1 saturated heterocycles. The van der Waals surface area contributed by atoms with Crippen molar-refractivity contribution in [2.45, 2.75) is 26.2 Å². The van der Waals surface area contributed by atoms with Crippen LogP contribution in [0, 0.1) is 11.8 Å². The predicted octanol–water partition coefficient (Wildman–Crippen LogP) is 1.78. The molecular weight excluding hydrogens is 228 g/mol. The van der Waals surface area contributed by atoms with E-state index in [9.17, 15) is 9.59 Å². The second-order valence-electron chi connectivity index (χ2n) is 3.96. The van der Waals surface area contributed by atoms with E-state index >= 15 is 0 Å². The number of carbonyl (C=O) groups is 2. The summed E-state index contributed by atoms with van der Waals surface area (Å²) in [6, 6.07) is 0. The molecule has 4 nitrogen and oxygen atoms in total. The van der Waals surface area contributed by atoms with Crippen molar-refractivity contribution in [3.05, 3.63) is 0 Å². The number of ether oxygens (including phenoxy) is 1. The minimum absolute atomic E-state index is 0.339. The van der Waals surface area contributed by atoms with Crippen molar-refractivity contribution in [2.24, 2.45) is 11.8 Å². The second-order valence-corrected chi connectivity index (χ2v) is 5.04. The summed E-state index contributed by atoms with van der Waals surface area (Å²) in [6.07, 6.45) is 2.98. The molecule has 2 atom stereocenters. The molecule has 92 valence electrons. The molecule has 16 heavy (non-hydrogen) atoms. The first-order valence-corrected chi connectivity index (χ1v) is 6.79. The Morgan fingerprint density at radius 3 is 2.62 bits per heavy atom. The number of unbranched alkanes of at least 4 members (excludes halogenated alkanes) is 2. The van der Waals surface area contributed by atoms with Gasteiger partial charge in [0.25, 0.3) is 0 Å². The van der Waals surface area contributed by atoms with Gasteiger partial charge in [-0.2, -0.15) is 11.8 Å². The van der Waals surface area contributed by atoms with Crippen molar-refractivity contribution in [1.82, 2.24) is 0 Å². The van der Waals surface area contributed by atoms with Crippen molar-refractivity contribution >= 4 is 23.7 Å². The molecule has 1 N–H and O–H groups in total. The highest BCUT2D eigenvalue weighted by Gasteiger charge is 2.39. The first-order chi connectivity index (χ1) is 7.66. The summed E-state index contributed by atoms with van der Waals surface area (Å²) in [5.41, 5.74) is 0. The van der Waals surface area contributed by atoms with Gasteiger partial charge in [-0.15, -0.1) is 0 Å². The van der Waals surface area contributed by atoms with E-state index < -0.39 is 17.8 Å². The van der Waals surface area contributed by atoms with Gasteiger partial charge in [0.05, 0.1) is 18.4 Å². The maximum absolute atomic E-state index is 11.6. The van der Waals surface area contributed by atoms with Gasteiger partial charge in [-0.1, -0.05) is 19.8 Å². The quantitative estimate of drug-likeness (QED) is 0.571. The van der Waals surface area contributed by atoms with Gasteiger partial charge in [-0.05, 0) is 6.42 Å². The number of carboxylic acids is 1. The number of thioether (sulfide) groups is 1. The third kappa shape index (κ3) is 3.70. The van der Waals surface area contributed by atoms with Crippen molar-refractivity contribution in [1.29, 1.82) is 0 Å². The molecule has 0 aromatic rings. The number of rotatable bonds is 6. The highest BCUT2D eigenvalue weighted by atomic mass is 32.2. The molecule has 0 bridgehead atoms. The van der Waals surface area contributed by atoms with E-state index in [-0.39, 0.29) is 5.97 Å². The van der Waals surface area contributed by atoms with Crippen molar-refractivity contribution in [2.75, 3.05) is 18.1 Å². The van der Waals surface area contributed by atoms with Crippen molar-refractivity contribution in [3.8, 4) is 0 Å². The van der Waals surface area contributed by atoms with Gasteiger partial charge in [0.1, 0.15) is 0 Å². The lowest BCUT2D eigenvalue weighted by Crippen LogP contribution is -2.30. The molecule has 0 amide bonds. The van der Waals surface area contributed by atoms with E-state index in [1.807, 2.05) is 0 Å². The molecule has 0 spiro atoms. The van der Waals surface area contributed by atoms with Gasteiger partial charge >= 0.3 is 11.9 Å². The van der Waals surface area contributed by atoms with Crippen molar-refractivity contribution < 1.29 is 19.4 Å². The van der Waals surface area contributed by atoms with Crippen LogP contribution < -0.4 is 0 Å². The average Bonchev–Trinajstić information content (AvgIpc) is 2.73. The van der Waals surface area contributed by atoms with Crippen molar-refractivity contribution in [3.63, 3.8) is 0 Å². The summed E-state index contributed by atoms with van der Waals surface area (Å²) < 4.78 is 5.09. The smallest absolute Gasteiger partial charge is 0.310 e. The third-order valence-electron chi connectivity index (χ3n) is 2.69. The van der Waals surface area contributed by atoms with Crippen LogP contribution in [0.25, 0.3) is 0 Å². The summed E-state index contributed by atoms with van der Waals surface area (Å²) >= 11 is 1.51. The fourth-order valence-corrected chi connectivity index (χ4v) is 3.05. The molecule has 0 aromatic carbocycles. The Morgan fingerprint density at radius 2 is 2.00 bits per heavy atom. The first kappa shape index (κ1) is 13.4. The molecule has 1 rings (SSSR count). The average molecular weight is 246 g/mol. The summed E-state index contributed by atoms with van der Waals surface area (Å²) in [6.45, 7) is 2.50. The first-order valence-electron chi connectivity index (χ1n) is 5.64. The Bertz CT molecular complexity index is 254. The zero-order valence-electron chi connectivity index (χ0n) is 9.48. The van der Waals surface area contributed by atoms with E-state index in [1.54, 1.807) is 0 Å². The summed E-state index contributed by atoms with van der Waals surface area (Å²) in [5, 5.41) is 8.92. The molecule has 1 aliphatic rings. The van der Waals surface area contributed by atoms with Crippen LogP contribution >= 0.6 is 11.8 Å². The number of aliphatic carboxylic acids is 1. The van der Waals surface area contributed by atoms with Gasteiger partial charge in [0.15, 0.2) is 0 Å². The molecular formula is C11H18O4S. The molecule has 0 radical (unpaired) electrons. The van der Waals surface area contributed by atoms with Crippen LogP contribution in [0.1, 0.15) is 26.2 Å². The Morgan fingerprint density at radius 1 is 1.31 bits per heavy atom. The van der Waals surface area contributed by atoms with E-state index in [2.05, 4.69) is 6.92 Å². The predicted molar refractivity (Wildman–Crippen MR) is 62.4 cm³/mol. The summed E-state index contributed by atoms with van der Waals surface area (Å²) in [4.78, 5) is 22.5. The number of esters is 1. The van der Waals surface area contributed by atoms with E-state index in [4.69, 9.17) is 9.84 Å². The van der Waals surface area contributed by atoms with Gasteiger partial charge in [-0.3, -0.25) is 9.59 Å². The molecule has 0 aliphatic carbocycles. The molecule has 5 heteroatoms. The normalized spacial score (nSPS) is 24.3. The zero-order chi connectivity index (χ0) is 12.0. The number of hydrogen-bond donors (Lipinski definition) is 1. The van der Waals surface area contributed by atoms with E-state index in [1.165, 1.54) is 11.8 Å². The lowest BCUT2D eigenvalue weighted by Gasteiger charge is -2.13. The van der Waals surface area contributed by atoms with E-state index in [0.29, 0.717) is 18.1 Å². The van der Waals surface area contributed by atoms with E-state index in [0.717, 1.165) is 19.3 Å². The number of carboxylic acid groups (broad SMARTS) is 1. The molecule has 0 aromatic heterocycles. The Labute approximate surface area is 99.7 Å². The number of carbonyl (C=O) groups excluding carboxylic acids is 1. The monoisotopic (exact) mass is 246 g/mol. The number of hydrogen-bond acceptors (Lipinski definition) is 4. The van der Waals surface area contributed by atoms with Crippen LogP contribution in [0.5, 0.6) is 0 Å². The standard InChI is InChI=1S/C11H18O4S/c1-2-3-4-5-15-11(14)9-7-16-6-8(9)10(12)13/h8-9H,2-7H2,1H3,(H,12,13). The Kier molecular flexibility index (Phi) is 5.66. The maximum atomic E-state index is 11.6. The second kappa shape index (κ2) is 6.78. The molecule has 0 saturated carbocycles. The van der Waals surface area contributed by atoms with Gasteiger partial charge in [0.2, 0.25) is 0 Å². The lowest BCUT2D eigenvalue weighted by molar-refractivity contribution is -0.155. The highest BCUT2D eigenvalue weighted by Crippen LogP contribution is 2.31. The molecule has 2 unspecified atom stereocenters. The fraction of sp³-hybridized carbons (Fsp3) is 0.818. The van der Waals surface area contributed by atoms with Crippen LogP contribution in [0.3, 0.4) is 0 Å². The van der Waals surface area contributed by atoms with Crippen LogP contribution in [0.4, 0.5) is 0 Å². The minimum Gasteiger partial charge on any atom is -0.481 e. The summed E-state index contributed by atoms with van der Waals surface area (Å²) in [5.74, 6) is -1.16. The minimum atomic E-state index is -0.888. The summed E-state index contributed by atoms with van der Waals surface area (Å²) in [7, 11) is 0. The molecule has 1 heterocycles. The fourth-order valence-electron chi connectivity index (χ4n) is 1.66. The molecule has 1 fully saturated rings. The lowest BCUT2D eigenvalue weighted by atomic mass is 9.96. The van der Waals surface area contributed by atoms with Crippen LogP contribution in [0.2, 0.25) is 0 Å².